The van der Waals surface area contributed by atoms with Crippen LogP contribution in [0.1, 0.15) is 29.2 Å². The van der Waals surface area contributed by atoms with E-state index in [2.05, 4.69) is 10.0 Å². The number of hydrogen-bond acceptors (Lipinski definition) is 5. The van der Waals surface area contributed by atoms with Gasteiger partial charge in [-0.05, 0) is 56.9 Å². The number of nitrogens with one attached hydrogen (secondary N) is 2. The van der Waals surface area contributed by atoms with Crippen molar-refractivity contribution in [2.24, 2.45) is 0 Å². The number of rotatable bonds is 6. The number of carbonyl (C=O) groups excluding carboxylic acids is 2. The first-order valence-electron chi connectivity index (χ1n) is 7.49. The Morgan fingerprint density at radius 2 is 1.62 bits per heavy atom. The fourth-order valence-corrected chi connectivity index (χ4v) is 3.89. The first-order valence-corrected chi connectivity index (χ1v) is 8.97. The summed E-state index contributed by atoms with van der Waals surface area (Å²) in [5.41, 5.74) is 2.99. The summed E-state index contributed by atoms with van der Waals surface area (Å²) in [4.78, 5) is 23.2. The van der Waals surface area contributed by atoms with Gasteiger partial charge in [-0.2, -0.15) is 4.72 Å². The maximum atomic E-state index is 12.6. The van der Waals surface area contributed by atoms with Crippen LogP contribution in [0.15, 0.2) is 11.0 Å². The molecule has 134 valence electrons. The van der Waals surface area contributed by atoms with E-state index in [1.807, 2.05) is 19.9 Å². The summed E-state index contributed by atoms with van der Waals surface area (Å²) in [6, 6.07) is 1.92. The summed E-state index contributed by atoms with van der Waals surface area (Å²) in [6.07, 6.45) is -0.989. The van der Waals surface area contributed by atoms with Gasteiger partial charge in [0, 0.05) is 7.05 Å². The lowest BCUT2D eigenvalue weighted by atomic mass is 10.0. The third-order valence-corrected chi connectivity index (χ3v) is 5.57. The van der Waals surface area contributed by atoms with Crippen molar-refractivity contribution in [3.8, 4) is 0 Å². The second-order valence-corrected chi connectivity index (χ2v) is 7.36. The highest BCUT2D eigenvalue weighted by atomic mass is 32.2. The largest absolute Gasteiger partial charge is 0.452 e. The van der Waals surface area contributed by atoms with Crippen LogP contribution in [0.3, 0.4) is 0 Å². The summed E-state index contributed by atoms with van der Waals surface area (Å²) in [5.74, 6) is -1.29. The fourth-order valence-electron chi connectivity index (χ4n) is 2.31. The van der Waals surface area contributed by atoms with Gasteiger partial charge in [0.25, 0.3) is 5.91 Å². The van der Waals surface area contributed by atoms with E-state index in [-0.39, 0.29) is 4.90 Å². The number of likely N-dealkylation sites (N-methyl/N-ethyl adjacent to an activating group) is 1. The van der Waals surface area contributed by atoms with E-state index >= 15 is 0 Å². The van der Waals surface area contributed by atoms with E-state index in [1.54, 1.807) is 13.8 Å². The molecule has 0 aliphatic carbocycles. The van der Waals surface area contributed by atoms with Crippen molar-refractivity contribution in [3.05, 3.63) is 28.3 Å². The van der Waals surface area contributed by atoms with Gasteiger partial charge >= 0.3 is 5.97 Å². The standard InChI is InChI=1S/C16H24N2O5S/c1-9-7-10(2)12(4)15(11(9)3)24(21,22)18-8-14(19)23-13(5)16(20)17-6/h7,13,18H,8H2,1-6H3,(H,17,20)/t13-/m1/s1. The lowest BCUT2D eigenvalue weighted by Gasteiger charge is -2.16. The molecule has 0 heterocycles. The summed E-state index contributed by atoms with van der Waals surface area (Å²) in [5, 5.41) is 2.34. The van der Waals surface area contributed by atoms with E-state index in [9.17, 15) is 18.0 Å². The molecule has 0 saturated heterocycles. The Morgan fingerprint density at radius 3 is 2.08 bits per heavy atom. The van der Waals surface area contributed by atoms with E-state index in [4.69, 9.17) is 4.74 Å². The van der Waals surface area contributed by atoms with Crippen LogP contribution in [-0.2, 0) is 24.3 Å². The molecular weight excluding hydrogens is 332 g/mol. The number of benzene rings is 1. The molecule has 0 fully saturated rings. The quantitative estimate of drug-likeness (QED) is 0.737. The summed E-state index contributed by atoms with van der Waals surface area (Å²) in [6.45, 7) is 7.98. The smallest absolute Gasteiger partial charge is 0.321 e. The van der Waals surface area contributed by atoms with Crippen LogP contribution < -0.4 is 10.0 Å². The molecule has 0 spiro atoms. The lowest BCUT2D eigenvalue weighted by Crippen LogP contribution is -2.37. The molecule has 2 N–H and O–H groups in total. The first kappa shape index (κ1) is 20.1. The van der Waals surface area contributed by atoms with Crippen LogP contribution in [0.2, 0.25) is 0 Å². The zero-order valence-electron chi connectivity index (χ0n) is 14.8. The lowest BCUT2D eigenvalue weighted by molar-refractivity contribution is -0.153. The van der Waals surface area contributed by atoms with Crippen molar-refractivity contribution in [1.29, 1.82) is 0 Å². The average Bonchev–Trinajstić information content (AvgIpc) is 2.50. The maximum absolute atomic E-state index is 12.6. The number of esters is 1. The van der Waals surface area contributed by atoms with E-state index in [1.165, 1.54) is 14.0 Å². The molecule has 0 aliphatic rings. The normalized spacial score (nSPS) is 12.6. The molecule has 1 amide bonds. The Balaban J connectivity index is 2.93. The second kappa shape index (κ2) is 7.76. The molecule has 0 aliphatic heterocycles. The number of carbonyl (C=O) groups is 2. The molecule has 1 aromatic carbocycles. The van der Waals surface area contributed by atoms with Crippen molar-refractivity contribution in [3.63, 3.8) is 0 Å². The zero-order chi connectivity index (χ0) is 18.7. The minimum atomic E-state index is -3.87. The highest BCUT2D eigenvalue weighted by Gasteiger charge is 2.24. The van der Waals surface area contributed by atoms with E-state index in [0.29, 0.717) is 11.1 Å². The van der Waals surface area contributed by atoms with Gasteiger partial charge in [0.1, 0.15) is 6.54 Å². The number of amides is 1. The molecular formula is C16H24N2O5S. The zero-order valence-corrected chi connectivity index (χ0v) is 15.6. The van der Waals surface area contributed by atoms with Gasteiger partial charge in [-0.25, -0.2) is 8.42 Å². The second-order valence-electron chi connectivity index (χ2n) is 5.66. The summed E-state index contributed by atoms with van der Waals surface area (Å²) >= 11 is 0. The van der Waals surface area contributed by atoms with Crippen molar-refractivity contribution < 1.29 is 22.7 Å². The number of aryl methyl sites for hydroxylation is 2. The monoisotopic (exact) mass is 356 g/mol. The van der Waals surface area contributed by atoms with Crippen molar-refractivity contribution in [2.75, 3.05) is 13.6 Å². The van der Waals surface area contributed by atoms with Crippen LogP contribution in [0, 0.1) is 27.7 Å². The van der Waals surface area contributed by atoms with Crippen LogP contribution in [0.5, 0.6) is 0 Å². The molecule has 1 atom stereocenters. The molecule has 24 heavy (non-hydrogen) atoms. The van der Waals surface area contributed by atoms with Gasteiger partial charge in [0.2, 0.25) is 10.0 Å². The number of hydrogen-bond donors (Lipinski definition) is 2. The molecule has 0 unspecified atom stereocenters. The van der Waals surface area contributed by atoms with Gasteiger partial charge in [-0.15, -0.1) is 0 Å². The SMILES string of the molecule is CNC(=O)[C@@H](C)OC(=O)CNS(=O)(=O)c1c(C)c(C)cc(C)c1C. The van der Waals surface area contributed by atoms with Gasteiger partial charge in [0.15, 0.2) is 6.10 Å². The number of sulfonamides is 1. The molecule has 0 saturated carbocycles. The van der Waals surface area contributed by atoms with Gasteiger partial charge in [0.05, 0.1) is 4.90 Å². The average molecular weight is 356 g/mol. The minimum absolute atomic E-state index is 0.173. The summed E-state index contributed by atoms with van der Waals surface area (Å²) < 4.78 is 32.2. The molecule has 1 aromatic rings. The molecule has 1 rings (SSSR count). The molecule has 0 bridgehead atoms. The Kier molecular flexibility index (Phi) is 6.50. The molecule has 0 aromatic heterocycles. The van der Waals surface area contributed by atoms with E-state index < -0.39 is 34.5 Å². The topological polar surface area (TPSA) is 102 Å². The Bertz CT molecular complexity index is 730. The predicted octanol–water partition coefficient (Wildman–Crippen LogP) is 0.876. The van der Waals surface area contributed by atoms with Crippen LogP contribution in [0.25, 0.3) is 0 Å². The van der Waals surface area contributed by atoms with Gasteiger partial charge < -0.3 is 10.1 Å². The van der Waals surface area contributed by atoms with Crippen LogP contribution in [-0.4, -0.2) is 40.0 Å². The molecule has 7 nitrogen and oxygen atoms in total. The first-order chi connectivity index (χ1) is 11.0. The third kappa shape index (κ3) is 4.55. The van der Waals surface area contributed by atoms with Crippen LogP contribution >= 0.6 is 0 Å². The fraction of sp³-hybridized carbons (Fsp3) is 0.500. The van der Waals surface area contributed by atoms with Crippen LogP contribution in [0.4, 0.5) is 0 Å². The maximum Gasteiger partial charge on any atom is 0.321 e. The summed E-state index contributed by atoms with van der Waals surface area (Å²) in [7, 11) is -2.46. The third-order valence-electron chi connectivity index (χ3n) is 3.90. The highest BCUT2D eigenvalue weighted by Crippen LogP contribution is 2.25. The predicted molar refractivity (Wildman–Crippen MR) is 90.2 cm³/mol. The highest BCUT2D eigenvalue weighted by molar-refractivity contribution is 7.89. The minimum Gasteiger partial charge on any atom is -0.452 e. The Morgan fingerprint density at radius 1 is 1.12 bits per heavy atom. The van der Waals surface area contributed by atoms with Crippen molar-refractivity contribution in [2.45, 2.75) is 45.6 Å². The van der Waals surface area contributed by atoms with Crippen molar-refractivity contribution >= 4 is 21.9 Å². The number of ether oxygens (including phenoxy) is 1. The van der Waals surface area contributed by atoms with Gasteiger partial charge in [-0.3, -0.25) is 9.59 Å². The Labute approximate surface area is 142 Å². The van der Waals surface area contributed by atoms with E-state index in [0.717, 1.165) is 11.1 Å². The Hall–Kier alpha value is -1.93. The van der Waals surface area contributed by atoms with Gasteiger partial charge in [-0.1, -0.05) is 6.07 Å². The molecule has 8 heteroatoms. The molecule has 0 radical (unpaired) electrons. The van der Waals surface area contributed by atoms with Crippen molar-refractivity contribution in [1.82, 2.24) is 10.0 Å².